The number of nitrogens with two attached hydrogens (primary N) is 1. The van der Waals surface area contributed by atoms with Gasteiger partial charge < -0.3 is 25.4 Å². The van der Waals surface area contributed by atoms with Crippen LogP contribution in [0, 0.1) is 23.1 Å². The highest BCUT2D eigenvalue weighted by Crippen LogP contribution is 2.34. The van der Waals surface area contributed by atoms with Crippen LogP contribution < -0.4 is 15.8 Å². The number of piperidine rings is 2. The predicted octanol–water partition coefficient (Wildman–Crippen LogP) is 5.05. The molecule has 0 aliphatic carbocycles. The van der Waals surface area contributed by atoms with Crippen molar-refractivity contribution in [2.75, 3.05) is 58.7 Å². The number of nitrogens with zero attached hydrogens (tertiary/aromatic N) is 6. The number of hydrogen-bond donors (Lipinski definition) is 2. The van der Waals surface area contributed by atoms with Crippen LogP contribution in [-0.4, -0.2) is 101 Å². The predicted molar refractivity (Wildman–Crippen MR) is 192 cm³/mol. The molecule has 0 spiro atoms. The SMILES string of the molecule is COc1ccc(F)cc1C(=O)NCc1ccc(-c2nn(C3CCN(C4CN(CC5CCN(C(=O)OC(C)(C)C)CC5)C4)CC3)c(N)c2C#N)cc1. The van der Waals surface area contributed by atoms with Crippen LogP contribution in [0.4, 0.5) is 15.0 Å². The van der Waals surface area contributed by atoms with Gasteiger partial charge in [-0.15, -0.1) is 0 Å². The van der Waals surface area contributed by atoms with Crippen molar-refractivity contribution in [3.63, 3.8) is 0 Å². The highest BCUT2D eigenvalue weighted by Gasteiger charge is 2.37. The number of ether oxygens (including phenoxy) is 2. The number of rotatable bonds is 9. The first-order valence-corrected chi connectivity index (χ1v) is 17.9. The molecule has 13 heteroatoms. The Kier molecular flexibility index (Phi) is 10.8. The Morgan fingerprint density at radius 2 is 1.71 bits per heavy atom. The molecular weight excluding hydrogens is 651 g/mol. The molecule has 3 fully saturated rings. The summed E-state index contributed by atoms with van der Waals surface area (Å²) in [6.45, 7) is 12.6. The third kappa shape index (κ3) is 8.45. The Labute approximate surface area is 299 Å². The zero-order valence-corrected chi connectivity index (χ0v) is 30.0. The molecule has 4 heterocycles. The smallest absolute Gasteiger partial charge is 0.410 e. The van der Waals surface area contributed by atoms with Crippen molar-refractivity contribution < 1.29 is 23.5 Å². The average molecular weight is 701 g/mol. The number of nitriles is 1. The minimum Gasteiger partial charge on any atom is -0.496 e. The molecule has 6 rings (SSSR count). The molecule has 0 bridgehead atoms. The fourth-order valence-corrected chi connectivity index (χ4v) is 7.36. The van der Waals surface area contributed by atoms with E-state index in [2.05, 4.69) is 21.2 Å². The van der Waals surface area contributed by atoms with Crippen LogP contribution in [0.1, 0.15) is 74.0 Å². The van der Waals surface area contributed by atoms with Gasteiger partial charge in [-0.25, -0.2) is 13.9 Å². The molecule has 3 aliphatic heterocycles. The first-order chi connectivity index (χ1) is 24.4. The Balaban J connectivity index is 0.972. The second-order valence-corrected chi connectivity index (χ2v) is 14.9. The lowest BCUT2D eigenvalue weighted by Gasteiger charge is -2.49. The molecule has 2 aromatic carbocycles. The quantitative estimate of drug-likeness (QED) is 0.314. The second kappa shape index (κ2) is 15.3. The summed E-state index contributed by atoms with van der Waals surface area (Å²) < 4.78 is 26.3. The monoisotopic (exact) mass is 700 g/mol. The number of nitrogens with one attached hydrogen (secondary N) is 1. The van der Waals surface area contributed by atoms with E-state index < -0.39 is 17.3 Å². The first-order valence-electron chi connectivity index (χ1n) is 17.9. The normalized spacial score (nSPS) is 18.2. The van der Waals surface area contributed by atoms with E-state index in [-0.39, 0.29) is 24.2 Å². The van der Waals surface area contributed by atoms with Crippen molar-refractivity contribution in [3.05, 3.63) is 65.0 Å². The molecule has 272 valence electrons. The zero-order chi connectivity index (χ0) is 36.3. The summed E-state index contributed by atoms with van der Waals surface area (Å²) in [5.74, 6) is 0.330. The number of likely N-dealkylation sites (tertiary alicyclic amines) is 3. The van der Waals surface area contributed by atoms with Crippen LogP contribution in [-0.2, 0) is 11.3 Å². The maximum Gasteiger partial charge on any atom is 0.410 e. The minimum atomic E-state index is -0.518. The zero-order valence-electron chi connectivity index (χ0n) is 30.0. The first kappa shape index (κ1) is 36.1. The van der Waals surface area contributed by atoms with E-state index in [9.17, 15) is 19.2 Å². The standard InChI is InChI=1S/C38H49FN8O4/c1-38(2,3)51-37(49)46-15-11-26(12-16-46)22-44-23-30(24-44)45-17-13-29(14-18-45)47-35(41)32(20-40)34(43-47)27-7-5-25(6-8-27)21-42-36(48)31-19-28(39)9-10-33(31)50-4/h5-10,19,26,29-30H,11-18,21-24,41H2,1-4H3,(H,42,48). The number of carbonyl (C=O) groups is 2. The number of anilines is 1. The Bertz CT molecular complexity index is 1740. The molecule has 0 saturated carbocycles. The van der Waals surface area contributed by atoms with Crippen LogP contribution in [0.2, 0.25) is 0 Å². The third-order valence-corrected chi connectivity index (χ3v) is 10.2. The van der Waals surface area contributed by atoms with Crippen molar-refractivity contribution in [1.82, 2.24) is 29.8 Å². The lowest BCUT2D eigenvalue weighted by atomic mass is 9.93. The molecule has 0 radical (unpaired) electrons. The summed E-state index contributed by atoms with van der Waals surface area (Å²) in [5.41, 5.74) is 8.68. The highest BCUT2D eigenvalue weighted by molar-refractivity contribution is 5.96. The van der Waals surface area contributed by atoms with Crippen LogP contribution >= 0.6 is 0 Å². The number of hydrogen-bond acceptors (Lipinski definition) is 9. The van der Waals surface area contributed by atoms with Gasteiger partial charge in [0.1, 0.15) is 40.3 Å². The maximum absolute atomic E-state index is 13.7. The molecule has 51 heavy (non-hydrogen) atoms. The molecule has 3 saturated heterocycles. The number of benzene rings is 2. The molecular formula is C38H49FN8O4. The van der Waals surface area contributed by atoms with Gasteiger partial charge in [0, 0.05) is 64.0 Å². The number of carbonyl (C=O) groups excluding carboxylic acids is 2. The largest absolute Gasteiger partial charge is 0.496 e. The summed E-state index contributed by atoms with van der Waals surface area (Å²) in [7, 11) is 1.43. The van der Waals surface area contributed by atoms with Crippen molar-refractivity contribution in [3.8, 4) is 23.1 Å². The Hall–Kier alpha value is -4.67. The molecule has 3 N–H and O–H groups in total. The molecule has 12 nitrogen and oxygen atoms in total. The lowest BCUT2D eigenvalue weighted by molar-refractivity contribution is -0.00419. The van der Waals surface area contributed by atoms with Gasteiger partial charge in [-0.2, -0.15) is 10.4 Å². The van der Waals surface area contributed by atoms with Gasteiger partial charge in [0.05, 0.1) is 18.7 Å². The van der Waals surface area contributed by atoms with Gasteiger partial charge in [0.15, 0.2) is 0 Å². The molecule has 3 aromatic rings. The number of halogens is 1. The number of methoxy groups -OCH3 is 1. The van der Waals surface area contributed by atoms with E-state index in [1.165, 1.54) is 19.2 Å². The van der Waals surface area contributed by atoms with Gasteiger partial charge in [-0.3, -0.25) is 14.6 Å². The van der Waals surface area contributed by atoms with Crippen molar-refractivity contribution in [2.24, 2.45) is 5.92 Å². The number of nitrogen functional groups attached to an aromatic ring is 1. The van der Waals surface area contributed by atoms with Crippen LogP contribution in [0.15, 0.2) is 42.5 Å². The molecule has 2 amide bonds. The van der Waals surface area contributed by atoms with E-state index in [1.807, 2.05) is 54.6 Å². The molecule has 1 aromatic heterocycles. The van der Waals surface area contributed by atoms with Crippen molar-refractivity contribution >= 4 is 17.8 Å². The minimum absolute atomic E-state index is 0.114. The van der Waals surface area contributed by atoms with Crippen LogP contribution in [0.25, 0.3) is 11.3 Å². The average Bonchev–Trinajstić information content (AvgIpc) is 3.44. The van der Waals surface area contributed by atoms with E-state index >= 15 is 0 Å². The van der Waals surface area contributed by atoms with Gasteiger partial charge >= 0.3 is 6.09 Å². The van der Waals surface area contributed by atoms with E-state index in [4.69, 9.17) is 20.3 Å². The summed E-state index contributed by atoms with van der Waals surface area (Å²) in [5, 5.41) is 17.7. The van der Waals surface area contributed by atoms with Crippen molar-refractivity contribution in [1.29, 1.82) is 5.26 Å². The van der Waals surface area contributed by atoms with Gasteiger partial charge in [0.25, 0.3) is 5.91 Å². The molecule has 0 atom stereocenters. The summed E-state index contributed by atoms with van der Waals surface area (Å²) in [6.07, 6.45) is 3.64. The fourth-order valence-electron chi connectivity index (χ4n) is 7.36. The lowest BCUT2D eigenvalue weighted by Crippen LogP contribution is -2.61. The Morgan fingerprint density at radius 3 is 2.33 bits per heavy atom. The number of amides is 2. The van der Waals surface area contributed by atoms with Crippen LogP contribution in [0.3, 0.4) is 0 Å². The van der Waals surface area contributed by atoms with E-state index in [0.717, 1.165) is 88.7 Å². The number of aromatic nitrogens is 2. The van der Waals surface area contributed by atoms with Gasteiger partial charge in [0.2, 0.25) is 0 Å². The summed E-state index contributed by atoms with van der Waals surface area (Å²) >= 11 is 0. The Morgan fingerprint density at radius 1 is 1.02 bits per heavy atom. The fraction of sp³-hybridized carbons (Fsp3) is 0.526. The van der Waals surface area contributed by atoms with Crippen LogP contribution in [0.5, 0.6) is 5.75 Å². The van der Waals surface area contributed by atoms with Crippen molar-refractivity contribution in [2.45, 2.75) is 70.7 Å². The molecule has 0 unspecified atom stereocenters. The topological polar surface area (TPSA) is 142 Å². The second-order valence-electron chi connectivity index (χ2n) is 14.9. The third-order valence-electron chi connectivity index (χ3n) is 10.2. The van der Waals surface area contributed by atoms with E-state index in [1.54, 1.807) is 0 Å². The summed E-state index contributed by atoms with van der Waals surface area (Å²) in [4.78, 5) is 32.1. The highest BCUT2D eigenvalue weighted by atomic mass is 19.1. The van der Waals surface area contributed by atoms with E-state index in [0.29, 0.717) is 34.8 Å². The van der Waals surface area contributed by atoms with Gasteiger partial charge in [-0.1, -0.05) is 24.3 Å². The maximum atomic E-state index is 13.7. The summed E-state index contributed by atoms with van der Waals surface area (Å²) in [6, 6.07) is 14.2. The van der Waals surface area contributed by atoms with Gasteiger partial charge in [-0.05, 0) is 76.1 Å². The molecule has 3 aliphatic rings.